The highest BCUT2D eigenvalue weighted by molar-refractivity contribution is 8.00. The van der Waals surface area contributed by atoms with E-state index in [1.54, 1.807) is 11.8 Å². The molecule has 5 heteroatoms. The molecule has 1 aliphatic rings. The van der Waals surface area contributed by atoms with E-state index in [4.69, 9.17) is 4.74 Å². The number of rotatable bonds is 6. The van der Waals surface area contributed by atoms with E-state index in [-0.39, 0.29) is 11.2 Å². The molecule has 1 unspecified atom stereocenters. The normalized spacial score (nSPS) is 15.1. The van der Waals surface area contributed by atoms with Crippen molar-refractivity contribution in [2.24, 2.45) is 0 Å². The molecule has 4 nitrogen and oxygen atoms in total. The van der Waals surface area contributed by atoms with Crippen LogP contribution in [-0.4, -0.2) is 35.1 Å². The maximum Gasteiger partial charge on any atom is 0.240 e. The Morgan fingerprint density at radius 3 is 2.55 bits per heavy atom. The summed E-state index contributed by atoms with van der Waals surface area (Å²) in [6, 6.07) is 14.7. The molecular weight excluding hydrogens is 380 g/mol. The summed E-state index contributed by atoms with van der Waals surface area (Å²) >= 11 is 1.68. The van der Waals surface area contributed by atoms with Gasteiger partial charge in [-0.1, -0.05) is 18.2 Å². The van der Waals surface area contributed by atoms with E-state index in [0.29, 0.717) is 6.61 Å². The monoisotopic (exact) mass is 408 g/mol. The number of hydrogen-bond donors (Lipinski definition) is 0. The van der Waals surface area contributed by atoms with Gasteiger partial charge in [-0.05, 0) is 52.0 Å². The van der Waals surface area contributed by atoms with Gasteiger partial charge in [-0.2, -0.15) is 0 Å². The minimum Gasteiger partial charge on any atom is -0.494 e. The first kappa shape index (κ1) is 19.9. The van der Waals surface area contributed by atoms with Crippen molar-refractivity contribution in [3.8, 4) is 17.0 Å². The van der Waals surface area contributed by atoms with Crippen molar-refractivity contribution < 1.29 is 9.53 Å². The third kappa shape index (κ3) is 3.21. The van der Waals surface area contributed by atoms with E-state index in [0.717, 1.165) is 41.9 Å². The molecule has 0 saturated carbocycles. The Morgan fingerprint density at radius 2 is 1.86 bits per heavy atom. The second kappa shape index (κ2) is 8.15. The lowest BCUT2D eigenvalue weighted by atomic mass is 10.00. The smallest absolute Gasteiger partial charge is 0.240 e. The van der Waals surface area contributed by atoms with Crippen LogP contribution in [0.2, 0.25) is 0 Å². The van der Waals surface area contributed by atoms with E-state index < -0.39 is 0 Å². The van der Waals surface area contributed by atoms with E-state index in [1.807, 2.05) is 31.7 Å². The van der Waals surface area contributed by atoms with E-state index >= 15 is 0 Å². The first-order chi connectivity index (χ1) is 14.1. The van der Waals surface area contributed by atoms with Crippen molar-refractivity contribution in [2.75, 3.05) is 19.7 Å². The Bertz CT molecular complexity index is 1050. The molecule has 4 rings (SSSR count). The third-order valence-electron chi connectivity index (χ3n) is 5.65. The van der Waals surface area contributed by atoms with Crippen LogP contribution in [0.4, 0.5) is 0 Å². The molecule has 0 saturated heterocycles. The predicted molar refractivity (Wildman–Crippen MR) is 121 cm³/mol. The molecule has 0 radical (unpaired) electrons. The Labute approximate surface area is 176 Å². The Hall–Kier alpha value is -2.40. The van der Waals surface area contributed by atoms with Gasteiger partial charge in [0, 0.05) is 46.6 Å². The number of amides is 1. The van der Waals surface area contributed by atoms with E-state index in [9.17, 15) is 4.79 Å². The fourth-order valence-corrected chi connectivity index (χ4v) is 5.64. The van der Waals surface area contributed by atoms with Gasteiger partial charge in [0.15, 0.2) is 0 Å². The van der Waals surface area contributed by atoms with Gasteiger partial charge < -0.3 is 14.2 Å². The van der Waals surface area contributed by atoms with Gasteiger partial charge in [0.2, 0.25) is 5.91 Å². The predicted octanol–water partition coefficient (Wildman–Crippen LogP) is 5.74. The molecule has 1 atom stereocenters. The lowest BCUT2D eigenvalue weighted by Crippen LogP contribution is -2.34. The average Bonchev–Trinajstić information content (AvgIpc) is 3.08. The van der Waals surface area contributed by atoms with Crippen LogP contribution in [0, 0.1) is 0 Å². The first-order valence-electron chi connectivity index (χ1n) is 10.5. The van der Waals surface area contributed by atoms with Crippen molar-refractivity contribution in [3.63, 3.8) is 0 Å². The number of fused-ring (bicyclic) bond motifs is 5. The number of nitrogens with zero attached hydrogens (tertiary/aromatic N) is 2. The summed E-state index contributed by atoms with van der Waals surface area (Å²) in [5, 5.41) is 0.882. The second-order valence-electron chi connectivity index (χ2n) is 7.12. The van der Waals surface area contributed by atoms with Crippen LogP contribution >= 0.6 is 11.8 Å². The highest BCUT2D eigenvalue weighted by Gasteiger charge is 2.37. The molecule has 1 aromatic heterocycles. The molecule has 0 bridgehead atoms. The molecule has 0 N–H and O–H groups in total. The molecule has 29 heavy (non-hydrogen) atoms. The van der Waals surface area contributed by atoms with Crippen LogP contribution in [0.3, 0.4) is 0 Å². The molecule has 1 amide bonds. The molecule has 0 spiro atoms. The highest BCUT2D eigenvalue weighted by atomic mass is 32.2. The number of aryl methyl sites for hydroxylation is 1. The average molecular weight is 409 g/mol. The molecule has 1 aliphatic heterocycles. The van der Waals surface area contributed by atoms with Gasteiger partial charge >= 0.3 is 0 Å². The summed E-state index contributed by atoms with van der Waals surface area (Å²) < 4.78 is 8.14. The number of likely N-dealkylation sites (N-methyl/N-ethyl adjacent to an activating group) is 1. The van der Waals surface area contributed by atoms with Crippen LogP contribution in [0.5, 0.6) is 5.75 Å². The zero-order valence-corrected chi connectivity index (χ0v) is 18.4. The summed E-state index contributed by atoms with van der Waals surface area (Å²) in [6.45, 7) is 11.2. The highest BCUT2D eigenvalue weighted by Crippen LogP contribution is 2.53. The van der Waals surface area contributed by atoms with E-state index in [2.05, 4.69) is 47.9 Å². The summed E-state index contributed by atoms with van der Waals surface area (Å²) in [5.41, 5.74) is 4.68. The number of ether oxygens (including phenoxy) is 1. The maximum atomic E-state index is 13.5. The fourth-order valence-electron chi connectivity index (χ4n) is 4.33. The van der Waals surface area contributed by atoms with Gasteiger partial charge in [-0.3, -0.25) is 4.79 Å². The fraction of sp³-hybridized carbons (Fsp3) is 0.375. The molecule has 0 fully saturated rings. The minimum absolute atomic E-state index is 0.188. The number of hydrogen-bond acceptors (Lipinski definition) is 3. The van der Waals surface area contributed by atoms with Crippen LogP contribution in [-0.2, 0) is 11.3 Å². The molecular formula is C24H28N2O2S. The molecule has 152 valence electrons. The van der Waals surface area contributed by atoms with Crippen LogP contribution in [0.25, 0.3) is 22.2 Å². The largest absolute Gasteiger partial charge is 0.494 e. The number of benzene rings is 2. The molecule has 2 aromatic carbocycles. The van der Waals surface area contributed by atoms with Crippen molar-refractivity contribution in [2.45, 2.75) is 44.4 Å². The number of carbonyl (C=O) groups excluding carboxylic acids is 1. The third-order valence-corrected chi connectivity index (χ3v) is 6.93. The zero-order chi connectivity index (χ0) is 20.5. The van der Waals surface area contributed by atoms with Gasteiger partial charge in [0.25, 0.3) is 0 Å². The maximum absolute atomic E-state index is 13.5. The van der Waals surface area contributed by atoms with Crippen molar-refractivity contribution in [1.82, 2.24) is 9.47 Å². The summed E-state index contributed by atoms with van der Waals surface area (Å²) in [6.07, 6.45) is 0. The van der Waals surface area contributed by atoms with Crippen LogP contribution < -0.4 is 4.74 Å². The number of aromatic nitrogens is 1. The SMILES string of the molecule is CCOc1ccc2c(c1)c1c(n2CC)-c2ccccc2SC1C(=O)N(CC)CC. The minimum atomic E-state index is -0.244. The van der Waals surface area contributed by atoms with Crippen molar-refractivity contribution in [3.05, 3.63) is 48.0 Å². The standard InChI is InChI=1S/C24H28N2O2S/c1-5-25(6-2)24(27)23-21-18-15-16(28-8-4)13-14-19(18)26(7-3)22(21)17-11-9-10-12-20(17)29-23/h9-15,23H,5-8H2,1-4H3. The van der Waals surface area contributed by atoms with Gasteiger partial charge in [-0.25, -0.2) is 0 Å². The van der Waals surface area contributed by atoms with Crippen LogP contribution in [0.1, 0.15) is 38.5 Å². The molecule has 3 aromatic rings. The number of thioether (sulfide) groups is 1. The summed E-state index contributed by atoms with van der Waals surface area (Å²) in [5.74, 6) is 1.04. The lowest BCUT2D eigenvalue weighted by Gasteiger charge is -2.29. The first-order valence-corrected chi connectivity index (χ1v) is 11.4. The lowest BCUT2D eigenvalue weighted by molar-refractivity contribution is -0.130. The second-order valence-corrected chi connectivity index (χ2v) is 8.27. The summed E-state index contributed by atoms with van der Waals surface area (Å²) in [4.78, 5) is 16.7. The topological polar surface area (TPSA) is 34.5 Å². The summed E-state index contributed by atoms with van der Waals surface area (Å²) in [7, 11) is 0. The molecule has 2 heterocycles. The number of carbonyl (C=O) groups is 1. The Kier molecular flexibility index (Phi) is 5.59. The van der Waals surface area contributed by atoms with Crippen LogP contribution in [0.15, 0.2) is 47.4 Å². The quantitative estimate of drug-likeness (QED) is 0.521. The molecule has 0 aliphatic carbocycles. The van der Waals surface area contributed by atoms with Gasteiger partial charge in [-0.15, -0.1) is 11.8 Å². The van der Waals surface area contributed by atoms with Gasteiger partial charge in [0.05, 0.1) is 12.3 Å². The van der Waals surface area contributed by atoms with E-state index in [1.165, 1.54) is 16.2 Å². The Morgan fingerprint density at radius 1 is 1.10 bits per heavy atom. The zero-order valence-electron chi connectivity index (χ0n) is 17.6. The van der Waals surface area contributed by atoms with Crippen molar-refractivity contribution in [1.29, 1.82) is 0 Å². The van der Waals surface area contributed by atoms with Gasteiger partial charge in [0.1, 0.15) is 11.0 Å². The van der Waals surface area contributed by atoms with Crippen molar-refractivity contribution >= 4 is 28.6 Å². The Balaban J connectivity index is 2.02.